The number of carbonyl (C=O) groups is 1. The number of hydrogen-bond acceptors (Lipinski definition) is 3. The zero-order valence-corrected chi connectivity index (χ0v) is 7.93. The molecule has 0 aliphatic carbocycles. The molecule has 0 rings (SSSR count). The van der Waals surface area contributed by atoms with Gasteiger partial charge in [0.1, 0.15) is 5.38 Å². The molecule has 72 valence electrons. The summed E-state index contributed by atoms with van der Waals surface area (Å²) in [6.45, 7) is 2.41. The lowest BCUT2D eigenvalue weighted by atomic mass is 10.1. The van der Waals surface area contributed by atoms with Crippen molar-refractivity contribution in [2.24, 2.45) is 0 Å². The van der Waals surface area contributed by atoms with Crippen LogP contribution in [0.4, 0.5) is 0 Å². The third-order valence-corrected chi connectivity index (χ3v) is 1.68. The molecule has 3 N–H and O–H groups in total. The molecule has 0 saturated heterocycles. The van der Waals surface area contributed by atoms with Crippen LogP contribution in [-0.4, -0.2) is 40.3 Å². The van der Waals surface area contributed by atoms with Gasteiger partial charge in [-0.15, -0.1) is 11.6 Å². The Morgan fingerprint density at radius 1 is 1.58 bits per heavy atom. The van der Waals surface area contributed by atoms with Crippen molar-refractivity contribution in [3.63, 3.8) is 0 Å². The molecule has 12 heavy (non-hydrogen) atoms. The summed E-state index contributed by atoms with van der Waals surface area (Å²) in [7, 11) is 0. The van der Waals surface area contributed by atoms with E-state index in [0.29, 0.717) is 0 Å². The molecule has 1 amide bonds. The van der Waals surface area contributed by atoms with Crippen molar-refractivity contribution >= 4 is 17.5 Å². The van der Waals surface area contributed by atoms with E-state index in [1.165, 1.54) is 13.8 Å². The van der Waals surface area contributed by atoms with Crippen molar-refractivity contribution in [3.8, 4) is 0 Å². The Kier molecular flexibility index (Phi) is 4.52. The van der Waals surface area contributed by atoms with Gasteiger partial charge in [0.15, 0.2) is 0 Å². The lowest BCUT2D eigenvalue weighted by Crippen LogP contribution is -2.53. The number of aliphatic hydroxyl groups is 2. The number of hydrogen-bond donors (Lipinski definition) is 3. The van der Waals surface area contributed by atoms with Crippen LogP contribution in [0.15, 0.2) is 0 Å². The predicted molar refractivity (Wildman–Crippen MR) is 46.0 cm³/mol. The van der Waals surface area contributed by atoms with Crippen LogP contribution in [0.1, 0.15) is 13.8 Å². The fourth-order valence-corrected chi connectivity index (χ4v) is 0.580. The molecule has 5 heteroatoms. The molecule has 0 spiro atoms. The van der Waals surface area contributed by atoms with Gasteiger partial charge in [-0.05, 0) is 13.8 Å². The predicted octanol–water partition coefficient (Wildman–Crippen LogP) is -0.527. The average Bonchev–Trinajstić information content (AvgIpc) is 2.04. The highest BCUT2D eigenvalue weighted by molar-refractivity contribution is 6.30. The topological polar surface area (TPSA) is 69.6 Å². The van der Waals surface area contributed by atoms with E-state index in [9.17, 15) is 4.79 Å². The molecule has 1 unspecified atom stereocenters. The van der Waals surface area contributed by atoms with Crippen molar-refractivity contribution in [1.82, 2.24) is 5.32 Å². The summed E-state index contributed by atoms with van der Waals surface area (Å²) < 4.78 is 0. The molecule has 0 saturated carbocycles. The smallest absolute Gasteiger partial charge is 0.238 e. The summed E-state index contributed by atoms with van der Waals surface area (Å²) in [5.41, 5.74) is -0.986. The van der Waals surface area contributed by atoms with Crippen LogP contribution >= 0.6 is 11.6 Å². The van der Waals surface area contributed by atoms with Gasteiger partial charge in [-0.2, -0.15) is 0 Å². The van der Waals surface area contributed by atoms with Crippen LogP contribution in [0.2, 0.25) is 0 Å². The van der Waals surface area contributed by atoms with Crippen LogP contribution < -0.4 is 5.32 Å². The molecule has 0 aliphatic rings. The van der Waals surface area contributed by atoms with E-state index < -0.39 is 16.8 Å². The fourth-order valence-electron chi connectivity index (χ4n) is 0.526. The first kappa shape index (κ1) is 11.7. The molecule has 0 fully saturated rings. The molecule has 0 aromatic heterocycles. The number of carbonyl (C=O) groups excluding carboxylic acids is 1. The molecule has 0 aliphatic heterocycles. The van der Waals surface area contributed by atoms with Gasteiger partial charge in [0.25, 0.3) is 0 Å². The monoisotopic (exact) mass is 195 g/mol. The standard InChI is InChI=1S/C7H14ClNO3/c1-5(8)6(12)9-7(2,3-10)4-11/h5,10-11H,3-4H2,1-2H3,(H,9,12). The maximum Gasteiger partial charge on any atom is 0.238 e. The highest BCUT2D eigenvalue weighted by Crippen LogP contribution is 2.03. The van der Waals surface area contributed by atoms with Crippen molar-refractivity contribution in [2.45, 2.75) is 24.8 Å². The Bertz CT molecular complexity index is 157. The van der Waals surface area contributed by atoms with Gasteiger partial charge in [-0.25, -0.2) is 0 Å². The van der Waals surface area contributed by atoms with Gasteiger partial charge in [-0.1, -0.05) is 0 Å². The van der Waals surface area contributed by atoms with Gasteiger partial charge in [0.2, 0.25) is 5.91 Å². The van der Waals surface area contributed by atoms with Crippen LogP contribution in [0, 0.1) is 0 Å². The van der Waals surface area contributed by atoms with Gasteiger partial charge in [-0.3, -0.25) is 4.79 Å². The molecule has 0 heterocycles. The maximum atomic E-state index is 11.0. The second-order valence-corrected chi connectivity index (χ2v) is 3.64. The molecular weight excluding hydrogens is 182 g/mol. The highest BCUT2D eigenvalue weighted by atomic mass is 35.5. The maximum absolute atomic E-state index is 11.0. The van der Waals surface area contributed by atoms with E-state index in [0.717, 1.165) is 0 Å². The molecular formula is C7H14ClNO3. The summed E-state index contributed by atoms with van der Waals surface area (Å²) in [6.07, 6.45) is 0. The van der Waals surface area contributed by atoms with Crippen molar-refractivity contribution < 1.29 is 15.0 Å². The first-order chi connectivity index (χ1) is 5.45. The average molecular weight is 196 g/mol. The summed E-state index contributed by atoms with van der Waals surface area (Å²) in [5, 5.41) is 19.4. The van der Waals surface area contributed by atoms with Crippen LogP contribution in [0.25, 0.3) is 0 Å². The molecule has 0 radical (unpaired) electrons. The van der Waals surface area contributed by atoms with Crippen LogP contribution in [0.3, 0.4) is 0 Å². The number of rotatable bonds is 4. The summed E-state index contributed by atoms with van der Waals surface area (Å²) >= 11 is 5.47. The molecule has 4 nitrogen and oxygen atoms in total. The Morgan fingerprint density at radius 2 is 2.00 bits per heavy atom. The van der Waals surface area contributed by atoms with Crippen molar-refractivity contribution in [2.75, 3.05) is 13.2 Å². The lowest BCUT2D eigenvalue weighted by Gasteiger charge is -2.26. The number of alkyl halides is 1. The van der Waals surface area contributed by atoms with E-state index in [-0.39, 0.29) is 13.2 Å². The molecule has 0 aromatic rings. The molecule has 0 bridgehead atoms. The number of halogens is 1. The first-order valence-electron chi connectivity index (χ1n) is 3.63. The van der Waals surface area contributed by atoms with Crippen molar-refractivity contribution in [1.29, 1.82) is 0 Å². The summed E-state index contributed by atoms with van der Waals surface area (Å²) in [6, 6.07) is 0. The molecule has 0 aromatic carbocycles. The van der Waals surface area contributed by atoms with Crippen molar-refractivity contribution in [3.05, 3.63) is 0 Å². The number of nitrogens with one attached hydrogen (secondary N) is 1. The fraction of sp³-hybridized carbons (Fsp3) is 0.857. The Morgan fingerprint density at radius 3 is 2.25 bits per heavy atom. The quantitative estimate of drug-likeness (QED) is 0.529. The largest absolute Gasteiger partial charge is 0.394 e. The van der Waals surface area contributed by atoms with Crippen LogP contribution in [0.5, 0.6) is 0 Å². The van der Waals surface area contributed by atoms with Gasteiger partial charge >= 0.3 is 0 Å². The van der Waals surface area contributed by atoms with Gasteiger partial charge in [0.05, 0.1) is 18.8 Å². The third-order valence-electron chi connectivity index (χ3n) is 1.48. The number of amides is 1. The Hall–Kier alpha value is -0.320. The zero-order valence-electron chi connectivity index (χ0n) is 7.17. The van der Waals surface area contributed by atoms with E-state index in [1.54, 1.807) is 0 Å². The zero-order chi connectivity index (χ0) is 9.78. The normalized spacial score (nSPS) is 14.1. The summed E-state index contributed by atoms with van der Waals surface area (Å²) in [5.74, 6) is -0.401. The summed E-state index contributed by atoms with van der Waals surface area (Å²) in [4.78, 5) is 11.0. The number of aliphatic hydroxyl groups excluding tert-OH is 2. The van der Waals surface area contributed by atoms with Crippen LogP contribution in [-0.2, 0) is 4.79 Å². The minimum atomic E-state index is -0.986. The second-order valence-electron chi connectivity index (χ2n) is 2.98. The first-order valence-corrected chi connectivity index (χ1v) is 4.06. The highest BCUT2D eigenvalue weighted by Gasteiger charge is 2.25. The van der Waals surface area contributed by atoms with E-state index in [1.807, 2.05) is 0 Å². The Labute approximate surface area is 76.5 Å². The molecule has 1 atom stereocenters. The van der Waals surface area contributed by atoms with E-state index >= 15 is 0 Å². The SMILES string of the molecule is CC(Cl)C(=O)NC(C)(CO)CO. The lowest BCUT2D eigenvalue weighted by molar-refractivity contribution is -0.123. The van der Waals surface area contributed by atoms with E-state index in [2.05, 4.69) is 5.32 Å². The van der Waals surface area contributed by atoms with Gasteiger partial charge in [0, 0.05) is 0 Å². The van der Waals surface area contributed by atoms with E-state index in [4.69, 9.17) is 21.8 Å². The van der Waals surface area contributed by atoms with Gasteiger partial charge < -0.3 is 15.5 Å². The third kappa shape index (κ3) is 3.38. The minimum Gasteiger partial charge on any atom is -0.394 e. The minimum absolute atomic E-state index is 0.321. The second kappa shape index (κ2) is 4.64. The Balaban J connectivity index is 4.12.